The van der Waals surface area contributed by atoms with Gasteiger partial charge in [-0.1, -0.05) is 6.92 Å². The second-order valence-corrected chi connectivity index (χ2v) is 4.27. The van der Waals surface area contributed by atoms with Gasteiger partial charge >= 0.3 is 5.97 Å². The van der Waals surface area contributed by atoms with Gasteiger partial charge in [-0.2, -0.15) is 0 Å². The number of hydrogen-bond donors (Lipinski definition) is 2. The summed E-state index contributed by atoms with van der Waals surface area (Å²) in [7, 11) is 3.33. The lowest BCUT2D eigenvalue weighted by Gasteiger charge is -2.24. The number of carboxylic acids is 1. The molecule has 0 bridgehead atoms. The average Bonchev–Trinajstić information content (AvgIpc) is 2.15. The van der Waals surface area contributed by atoms with Gasteiger partial charge in [0.1, 0.15) is 0 Å². The molecule has 0 aromatic heterocycles. The quantitative estimate of drug-likeness (QED) is 0.610. The summed E-state index contributed by atoms with van der Waals surface area (Å²) in [4.78, 5) is 25.2. The van der Waals surface area contributed by atoms with Crippen molar-refractivity contribution in [3.8, 4) is 0 Å². The van der Waals surface area contributed by atoms with E-state index in [4.69, 9.17) is 5.11 Å². The molecule has 0 saturated carbocycles. The van der Waals surface area contributed by atoms with Gasteiger partial charge in [0.2, 0.25) is 5.91 Å². The van der Waals surface area contributed by atoms with E-state index in [-0.39, 0.29) is 25.4 Å². The number of carbonyl (C=O) groups is 2. The minimum atomic E-state index is -1.03. The van der Waals surface area contributed by atoms with Crippen LogP contribution >= 0.6 is 0 Å². The largest absolute Gasteiger partial charge is 0.481 e. The molecule has 0 aromatic rings. The highest BCUT2D eigenvalue weighted by Crippen LogP contribution is 2.00. The number of aliphatic hydroxyl groups is 1. The number of aliphatic carboxylic acids is 1. The molecule has 0 heterocycles. The lowest BCUT2D eigenvalue weighted by Crippen LogP contribution is -2.41. The average molecular weight is 246 g/mol. The number of aliphatic hydroxyl groups excluding tert-OH is 1. The number of likely N-dealkylation sites (N-methyl/N-ethyl adjacent to an activating group) is 1. The summed E-state index contributed by atoms with van der Waals surface area (Å²) in [5.41, 5.74) is 0. The van der Waals surface area contributed by atoms with E-state index in [0.717, 1.165) is 6.42 Å². The zero-order valence-electron chi connectivity index (χ0n) is 10.7. The van der Waals surface area contributed by atoms with Gasteiger partial charge in [0, 0.05) is 20.6 Å². The molecule has 1 amide bonds. The van der Waals surface area contributed by atoms with E-state index in [1.54, 1.807) is 19.0 Å². The Morgan fingerprint density at radius 2 is 1.88 bits per heavy atom. The molecular weight excluding hydrogens is 224 g/mol. The van der Waals surface area contributed by atoms with Crippen LogP contribution in [0.3, 0.4) is 0 Å². The molecular formula is C11H22N2O4. The summed E-state index contributed by atoms with van der Waals surface area (Å²) >= 11 is 0. The van der Waals surface area contributed by atoms with Crippen LogP contribution in [0.1, 0.15) is 19.8 Å². The van der Waals surface area contributed by atoms with Crippen molar-refractivity contribution in [3.63, 3.8) is 0 Å². The first kappa shape index (κ1) is 15.9. The molecule has 0 aliphatic rings. The van der Waals surface area contributed by atoms with Crippen molar-refractivity contribution in [1.82, 2.24) is 9.80 Å². The molecule has 0 rings (SSSR count). The van der Waals surface area contributed by atoms with E-state index in [9.17, 15) is 14.7 Å². The SMILES string of the molecule is CCCN(CC(=O)N(C)C)CC(O)CC(=O)O. The zero-order chi connectivity index (χ0) is 13.4. The third-order valence-corrected chi connectivity index (χ3v) is 2.28. The second kappa shape index (κ2) is 8.03. The maximum atomic E-state index is 11.5. The van der Waals surface area contributed by atoms with Crippen molar-refractivity contribution in [2.24, 2.45) is 0 Å². The number of carboxylic acid groups (broad SMARTS) is 1. The van der Waals surface area contributed by atoms with Crippen molar-refractivity contribution in [2.45, 2.75) is 25.9 Å². The number of hydrogen-bond acceptors (Lipinski definition) is 4. The molecule has 6 heteroatoms. The normalized spacial score (nSPS) is 12.5. The van der Waals surface area contributed by atoms with E-state index < -0.39 is 12.1 Å². The Labute approximate surface area is 102 Å². The first-order chi connectivity index (χ1) is 7.86. The Morgan fingerprint density at radius 1 is 1.29 bits per heavy atom. The van der Waals surface area contributed by atoms with Gasteiger partial charge in [0.25, 0.3) is 0 Å². The molecule has 2 N–H and O–H groups in total. The third kappa shape index (κ3) is 7.70. The smallest absolute Gasteiger partial charge is 0.306 e. The van der Waals surface area contributed by atoms with E-state index >= 15 is 0 Å². The van der Waals surface area contributed by atoms with Crippen molar-refractivity contribution >= 4 is 11.9 Å². The Bertz CT molecular complexity index is 256. The summed E-state index contributed by atoms with van der Waals surface area (Å²) < 4.78 is 0. The number of nitrogens with zero attached hydrogens (tertiary/aromatic N) is 2. The Balaban J connectivity index is 4.22. The fourth-order valence-electron chi connectivity index (χ4n) is 1.45. The summed E-state index contributed by atoms with van der Waals surface area (Å²) in [6.07, 6.45) is -0.384. The summed E-state index contributed by atoms with van der Waals surface area (Å²) in [5, 5.41) is 18.1. The predicted molar refractivity (Wildman–Crippen MR) is 63.7 cm³/mol. The van der Waals surface area contributed by atoms with E-state index in [0.29, 0.717) is 6.54 Å². The van der Waals surface area contributed by atoms with Gasteiger partial charge in [0.05, 0.1) is 19.1 Å². The van der Waals surface area contributed by atoms with Gasteiger partial charge in [-0.15, -0.1) is 0 Å². The second-order valence-electron chi connectivity index (χ2n) is 4.27. The molecule has 1 atom stereocenters. The predicted octanol–water partition coefficient (Wildman–Crippen LogP) is -0.378. The van der Waals surface area contributed by atoms with Crippen molar-refractivity contribution in [1.29, 1.82) is 0 Å². The lowest BCUT2D eigenvalue weighted by molar-refractivity contribution is -0.139. The molecule has 0 spiro atoms. The van der Waals surface area contributed by atoms with Gasteiger partial charge in [-0.25, -0.2) is 0 Å². The lowest BCUT2D eigenvalue weighted by atomic mass is 10.2. The van der Waals surface area contributed by atoms with E-state index in [2.05, 4.69) is 0 Å². The maximum Gasteiger partial charge on any atom is 0.306 e. The van der Waals surface area contributed by atoms with Gasteiger partial charge < -0.3 is 15.1 Å². The molecule has 0 radical (unpaired) electrons. The monoisotopic (exact) mass is 246 g/mol. The fourth-order valence-corrected chi connectivity index (χ4v) is 1.45. The molecule has 0 aliphatic carbocycles. The number of carbonyl (C=O) groups excluding carboxylic acids is 1. The zero-order valence-corrected chi connectivity index (χ0v) is 10.7. The van der Waals surface area contributed by atoms with Crippen LogP contribution in [0.2, 0.25) is 0 Å². The third-order valence-electron chi connectivity index (χ3n) is 2.28. The van der Waals surface area contributed by atoms with Crippen LogP contribution in [-0.2, 0) is 9.59 Å². The number of amides is 1. The highest BCUT2D eigenvalue weighted by Gasteiger charge is 2.17. The van der Waals surface area contributed by atoms with Gasteiger partial charge in [-0.05, 0) is 13.0 Å². The van der Waals surface area contributed by atoms with Crippen LogP contribution < -0.4 is 0 Å². The summed E-state index contributed by atoms with van der Waals surface area (Å²) in [5.74, 6) is -1.09. The Kier molecular flexibility index (Phi) is 7.49. The molecule has 0 aromatic carbocycles. The van der Waals surface area contributed by atoms with Crippen molar-refractivity contribution < 1.29 is 19.8 Å². The Morgan fingerprint density at radius 3 is 2.29 bits per heavy atom. The molecule has 17 heavy (non-hydrogen) atoms. The van der Waals surface area contributed by atoms with Gasteiger partial charge in [0.15, 0.2) is 0 Å². The van der Waals surface area contributed by atoms with E-state index in [1.807, 2.05) is 6.92 Å². The van der Waals surface area contributed by atoms with Crippen LogP contribution in [0.5, 0.6) is 0 Å². The fraction of sp³-hybridized carbons (Fsp3) is 0.818. The molecule has 1 unspecified atom stereocenters. The first-order valence-corrected chi connectivity index (χ1v) is 5.69. The van der Waals surface area contributed by atoms with E-state index in [1.165, 1.54) is 4.90 Å². The minimum Gasteiger partial charge on any atom is -0.481 e. The topological polar surface area (TPSA) is 81.1 Å². The molecule has 6 nitrogen and oxygen atoms in total. The minimum absolute atomic E-state index is 0.0547. The van der Waals surface area contributed by atoms with Crippen LogP contribution in [0, 0.1) is 0 Å². The molecule has 0 aliphatic heterocycles. The van der Waals surface area contributed by atoms with Crippen LogP contribution in [0.4, 0.5) is 0 Å². The Hall–Kier alpha value is -1.14. The van der Waals surface area contributed by atoms with Crippen LogP contribution in [-0.4, -0.2) is 71.7 Å². The number of rotatable bonds is 8. The standard InChI is InChI=1S/C11H22N2O4/c1-4-5-13(8-10(15)12(2)3)7-9(14)6-11(16)17/h9,14H,4-8H2,1-3H3,(H,16,17). The van der Waals surface area contributed by atoms with Crippen molar-refractivity contribution in [2.75, 3.05) is 33.7 Å². The molecule has 0 saturated heterocycles. The van der Waals surface area contributed by atoms with Crippen LogP contribution in [0.15, 0.2) is 0 Å². The highest BCUT2D eigenvalue weighted by molar-refractivity contribution is 5.77. The summed E-state index contributed by atoms with van der Waals surface area (Å²) in [6, 6.07) is 0. The molecule has 100 valence electrons. The first-order valence-electron chi connectivity index (χ1n) is 5.69. The van der Waals surface area contributed by atoms with Gasteiger partial charge in [-0.3, -0.25) is 14.5 Å². The maximum absolute atomic E-state index is 11.5. The van der Waals surface area contributed by atoms with Crippen LogP contribution in [0.25, 0.3) is 0 Å². The highest BCUT2D eigenvalue weighted by atomic mass is 16.4. The van der Waals surface area contributed by atoms with Crippen molar-refractivity contribution in [3.05, 3.63) is 0 Å². The molecule has 0 fully saturated rings. The summed E-state index contributed by atoms with van der Waals surface area (Å²) in [6.45, 7) is 3.05.